The van der Waals surface area contributed by atoms with E-state index in [-0.39, 0.29) is 5.56 Å². The minimum Gasteiger partial charge on any atom is -0.374 e. The van der Waals surface area contributed by atoms with Crippen molar-refractivity contribution >= 4 is 22.5 Å². The van der Waals surface area contributed by atoms with Crippen LogP contribution in [0.2, 0.25) is 5.02 Å². The summed E-state index contributed by atoms with van der Waals surface area (Å²) in [5.41, 5.74) is 3.91. The molecule has 206 valence electrons. The summed E-state index contributed by atoms with van der Waals surface area (Å²) in [7, 11) is 7.74. The quantitative estimate of drug-likeness (QED) is 0.261. The van der Waals surface area contributed by atoms with E-state index in [1.807, 2.05) is 78.3 Å². The molecule has 40 heavy (non-hydrogen) atoms. The van der Waals surface area contributed by atoms with Crippen molar-refractivity contribution in [3.05, 3.63) is 123 Å². The van der Waals surface area contributed by atoms with Crippen LogP contribution in [0.1, 0.15) is 22.4 Å². The third-order valence-electron chi connectivity index (χ3n) is 7.42. The van der Waals surface area contributed by atoms with E-state index in [1.165, 1.54) is 0 Å². The second-order valence-electron chi connectivity index (χ2n) is 10.5. The fourth-order valence-electron chi connectivity index (χ4n) is 5.15. The van der Waals surface area contributed by atoms with E-state index in [4.69, 9.17) is 11.6 Å². The molecule has 0 amide bonds. The Hall–Kier alpha value is -3.75. The highest BCUT2D eigenvalue weighted by Gasteiger charge is 2.37. The second kappa shape index (κ2) is 11.4. The van der Waals surface area contributed by atoms with Crippen molar-refractivity contribution in [3.8, 4) is 11.1 Å². The van der Waals surface area contributed by atoms with E-state index in [0.29, 0.717) is 16.3 Å². The number of halogens is 1. The molecule has 0 radical (unpaired) electrons. The Morgan fingerprint density at radius 1 is 1.00 bits per heavy atom. The molecule has 1 unspecified atom stereocenters. The Morgan fingerprint density at radius 3 is 2.42 bits per heavy atom. The van der Waals surface area contributed by atoms with Crippen molar-refractivity contribution < 1.29 is 5.11 Å². The summed E-state index contributed by atoms with van der Waals surface area (Å²) < 4.78 is 3.45. The fourth-order valence-corrected chi connectivity index (χ4v) is 5.34. The summed E-state index contributed by atoms with van der Waals surface area (Å²) in [5, 5.41) is 17.5. The molecule has 3 aromatic carbocycles. The van der Waals surface area contributed by atoms with Crippen LogP contribution in [-0.2, 0) is 26.2 Å². The molecule has 5 aromatic rings. The number of nitrogens with zero attached hydrogens (tertiary/aromatic N) is 4. The number of nitrogens with one attached hydrogen (secondary N) is 1. The summed E-state index contributed by atoms with van der Waals surface area (Å²) in [4.78, 5) is 19.3. The molecule has 0 spiro atoms. The number of hydrogen-bond acceptors (Lipinski definition) is 5. The average molecular weight is 556 g/mol. The number of rotatable bonds is 9. The van der Waals surface area contributed by atoms with Crippen LogP contribution in [0.15, 0.2) is 90.1 Å². The Labute approximate surface area is 239 Å². The Morgan fingerprint density at radius 2 is 1.75 bits per heavy atom. The maximum absolute atomic E-state index is 12.9. The molecule has 8 heteroatoms. The molecule has 0 fully saturated rings. The molecule has 1 atom stereocenters. The highest BCUT2D eigenvalue weighted by molar-refractivity contribution is 6.30. The number of likely N-dealkylation sites (N-methyl/N-ethyl adjacent to an activating group) is 1. The minimum absolute atomic E-state index is 0.119. The normalized spacial score (nSPS) is 13.2. The standard InChI is InChI=1S/C32H34ClN5O2/c1-36(2)15-14-34-19-22-8-10-24(11-9-22)32(40,30-20-35-21-37(30)3)25-12-13-29-28(17-25)27(18-31(39)38(29)4)23-6-5-7-26(33)16-23/h5-13,16-18,20-21,34,40H,14-15,19H2,1-4H3. The molecule has 0 aliphatic carbocycles. The Balaban J connectivity index is 1.64. The van der Waals surface area contributed by atoms with Crippen LogP contribution < -0.4 is 10.9 Å². The summed E-state index contributed by atoms with van der Waals surface area (Å²) >= 11 is 6.31. The zero-order valence-corrected chi connectivity index (χ0v) is 24.0. The monoisotopic (exact) mass is 555 g/mol. The van der Waals surface area contributed by atoms with Crippen LogP contribution in [0.25, 0.3) is 22.0 Å². The van der Waals surface area contributed by atoms with Crippen LogP contribution in [0.4, 0.5) is 0 Å². The summed E-state index contributed by atoms with van der Waals surface area (Å²) in [6.45, 7) is 2.59. The molecule has 0 aliphatic heterocycles. The molecule has 0 saturated carbocycles. The first-order chi connectivity index (χ1) is 19.2. The van der Waals surface area contributed by atoms with Gasteiger partial charge in [0.1, 0.15) is 0 Å². The van der Waals surface area contributed by atoms with E-state index < -0.39 is 5.60 Å². The number of imidazole rings is 1. The molecule has 0 aliphatic rings. The summed E-state index contributed by atoms with van der Waals surface area (Å²) in [6.07, 6.45) is 3.38. The lowest BCUT2D eigenvalue weighted by Crippen LogP contribution is -2.31. The van der Waals surface area contributed by atoms with Crippen molar-refractivity contribution in [1.29, 1.82) is 0 Å². The lowest BCUT2D eigenvalue weighted by atomic mass is 9.82. The second-order valence-corrected chi connectivity index (χ2v) is 10.9. The maximum Gasteiger partial charge on any atom is 0.251 e. The highest BCUT2D eigenvalue weighted by atomic mass is 35.5. The van der Waals surface area contributed by atoms with E-state index in [1.54, 1.807) is 30.2 Å². The van der Waals surface area contributed by atoms with Gasteiger partial charge in [0.25, 0.3) is 5.56 Å². The predicted octanol–water partition coefficient (Wildman–Crippen LogP) is 4.53. The van der Waals surface area contributed by atoms with Gasteiger partial charge in [0.05, 0.1) is 23.7 Å². The van der Waals surface area contributed by atoms with Gasteiger partial charge >= 0.3 is 0 Å². The van der Waals surface area contributed by atoms with Gasteiger partial charge in [-0.2, -0.15) is 0 Å². The molecule has 0 saturated heterocycles. The Kier molecular flexibility index (Phi) is 7.92. The van der Waals surface area contributed by atoms with Gasteiger partial charge in [0.15, 0.2) is 5.60 Å². The molecular formula is C32H34ClN5O2. The van der Waals surface area contributed by atoms with E-state index in [9.17, 15) is 9.90 Å². The fraction of sp³-hybridized carbons (Fsp3) is 0.250. The van der Waals surface area contributed by atoms with Crippen molar-refractivity contribution in [2.45, 2.75) is 12.1 Å². The zero-order valence-electron chi connectivity index (χ0n) is 23.2. The van der Waals surface area contributed by atoms with Gasteiger partial charge in [-0.3, -0.25) is 4.79 Å². The summed E-state index contributed by atoms with van der Waals surface area (Å²) in [6, 6.07) is 22.9. The summed E-state index contributed by atoms with van der Waals surface area (Å²) in [5.74, 6) is 0. The molecule has 7 nitrogen and oxygen atoms in total. The van der Waals surface area contributed by atoms with Crippen LogP contribution in [0.3, 0.4) is 0 Å². The Bertz CT molecular complexity index is 1710. The number of benzene rings is 3. The molecule has 2 aromatic heterocycles. The van der Waals surface area contributed by atoms with Crippen LogP contribution in [-0.4, -0.2) is 51.3 Å². The first-order valence-electron chi connectivity index (χ1n) is 13.2. The van der Waals surface area contributed by atoms with Crippen molar-refractivity contribution in [2.75, 3.05) is 27.2 Å². The zero-order chi connectivity index (χ0) is 28.4. The van der Waals surface area contributed by atoms with Crippen molar-refractivity contribution in [3.63, 3.8) is 0 Å². The van der Waals surface area contributed by atoms with Gasteiger partial charge in [0, 0.05) is 50.2 Å². The first kappa shape index (κ1) is 27.8. The highest BCUT2D eigenvalue weighted by Crippen LogP contribution is 2.39. The molecule has 5 rings (SSSR count). The third-order valence-corrected chi connectivity index (χ3v) is 7.66. The molecule has 2 N–H and O–H groups in total. The number of hydrogen-bond donors (Lipinski definition) is 2. The SMILES string of the molecule is CN(C)CCNCc1ccc(C(O)(c2ccc3c(c2)c(-c2cccc(Cl)c2)cc(=O)n3C)c2cncn2C)cc1. The van der Waals surface area contributed by atoms with Crippen molar-refractivity contribution in [2.24, 2.45) is 14.1 Å². The largest absolute Gasteiger partial charge is 0.374 e. The van der Waals surface area contributed by atoms with Crippen LogP contribution >= 0.6 is 11.6 Å². The predicted molar refractivity (Wildman–Crippen MR) is 162 cm³/mol. The number of aromatic nitrogens is 3. The van der Waals surface area contributed by atoms with E-state index >= 15 is 0 Å². The van der Waals surface area contributed by atoms with E-state index in [0.717, 1.165) is 52.8 Å². The van der Waals surface area contributed by atoms with Crippen molar-refractivity contribution in [1.82, 2.24) is 24.3 Å². The van der Waals surface area contributed by atoms with Gasteiger partial charge in [-0.15, -0.1) is 0 Å². The molecule has 2 heterocycles. The number of aryl methyl sites for hydroxylation is 2. The average Bonchev–Trinajstić information content (AvgIpc) is 3.39. The maximum atomic E-state index is 12.9. The number of fused-ring (bicyclic) bond motifs is 1. The third kappa shape index (κ3) is 5.33. The van der Waals surface area contributed by atoms with Gasteiger partial charge in [-0.25, -0.2) is 4.98 Å². The van der Waals surface area contributed by atoms with Crippen LogP contribution in [0.5, 0.6) is 0 Å². The molecule has 0 bridgehead atoms. The topological polar surface area (TPSA) is 75.3 Å². The van der Waals surface area contributed by atoms with Gasteiger partial charge in [0.2, 0.25) is 0 Å². The lowest BCUT2D eigenvalue weighted by Gasteiger charge is -2.30. The number of pyridine rings is 1. The van der Waals surface area contributed by atoms with Gasteiger partial charge in [-0.1, -0.05) is 54.1 Å². The van der Waals surface area contributed by atoms with Gasteiger partial charge in [-0.05, 0) is 66.2 Å². The first-order valence-corrected chi connectivity index (χ1v) is 13.6. The van der Waals surface area contributed by atoms with Gasteiger partial charge < -0.3 is 24.5 Å². The molecular weight excluding hydrogens is 522 g/mol. The smallest absolute Gasteiger partial charge is 0.251 e. The lowest BCUT2D eigenvalue weighted by molar-refractivity contribution is 0.117. The minimum atomic E-state index is -1.49. The van der Waals surface area contributed by atoms with Crippen LogP contribution in [0, 0.1) is 0 Å². The number of aliphatic hydroxyl groups is 1. The van der Waals surface area contributed by atoms with E-state index in [2.05, 4.69) is 29.3 Å².